The quantitative estimate of drug-likeness (QED) is 0.850. The van der Waals surface area contributed by atoms with Gasteiger partial charge in [0.15, 0.2) is 0 Å². The van der Waals surface area contributed by atoms with E-state index in [0.29, 0.717) is 18.1 Å². The van der Waals surface area contributed by atoms with Crippen LogP contribution < -0.4 is 5.32 Å². The van der Waals surface area contributed by atoms with Gasteiger partial charge in [-0.1, -0.05) is 13.8 Å². The van der Waals surface area contributed by atoms with E-state index in [4.69, 9.17) is 4.74 Å². The van der Waals surface area contributed by atoms with Crippen LogP contribution in [0.5, 0.6) is 0 Å². The number of rotatable bonds is 5. The second-order valence-electron chi connectivity index (χ2n) is 4.75. The summed E-state index contributed by atoms with van der Waals surface area (Å²) in [6, 6.07) is 0.376. The SMILES string of the molecule is CCNC(c1cnn(C)c1)C1CCOC1CC. The van der Waals surface area contributed by atoms with Gasteiger partial charge in [0.25, 0.3) is 0 Å². The number of aromatic nitrogens is 2. The van der Waals surface area contributed by atoms with Gasteiger partial charge < -0.3 is 10.1 Å². The lowest BCUT2D eigenvalue weighted by Crippen LogP contribution is -2.32. The van der Waals surface area contributed by atoms with Gasteiger partial charge >= 0.3 is 0 Å². The summed E-state index contributed by atoms with van der Waals surface area (Å²) >= 11 is 0. The van der Waals surface area contributed by atoms with Crippen LogP contribution >= 0.6 is 0 Å². The molecule has 1 aromatic rings. The minimum Gasteiger partial charge on any atom is -0.378 e. The molecular weight excluding hydrogens is 214 g/mol. The second kappa shape index (κ2) is 5.65. The van der Waals surface area contributed by atoms with Gasteiger partial charge in [0.05, 0.1) is 12.3 Å². The highest BCUT2D eigenvalue weighted by atomic mass is 16.5. The summed E-state index contributed by atoms with van der Waals surface area (Å²) in [7, 11) is 1.97. The van der Waals surface area contributed by atoms with E-state index in [0.717, 1.165) is 26.0 Å². The lowest BCUT2D eigenvalue weighted by atomic mass is 9.88. The average Bonchev–Trinajstić information content (AvgIpc) is 2.94. The van der Waals surface area contributed by atoms with Gasteiger partial charge in [-0.2, -0.15) is 5.10 Å². The van der Waals surface area contributed by atoms with Gasteiger partial charge in [-0.25, -0.2) is 0 Å². The van der Waals surface area contributed by atoms with Crippen molar-refractivity contribution in [1.82, 2.24) is 15.1 Å². The molecule has 0 saturated carbocycles. The zero-order valence-electron chi connectivity index (χ0n) is 11.0. The Labute approximate surface area is 103 Å². The molecule has 0 radical (unpaired) electrons. The molecule has 0 spiro atoms. The first-order chi connectivity index (χ1) is 8.26. The van der Waals surface area contributed by atoms with E-state index < -0.39 is 0 Å². The van der Waals surface area contributed by atoms with E-state index in [-0.39, 0.29) is 0 Å². The van der Waals surface area contributed by atoms with Crippen molar-refractivity contribution in [2.45, 2.75) is 38.8 Å². The highest BCUT2D eigenvalue weighted by Crippen LogP contribution is 2.34. The zero-order valence-corrected chi connectivity index (χ0v) is 11.0. The van der Waals surface area contributed by atoms with Gasteiger partial charge in [-0.05, 0) is 19.4 Å². The zero-order chi connectivity index (χ0) is 12.3. The first-order valence-electron chi connectivity index (χ1n) is 6.59. The van der Waals surface area contributed by atoms with Crippen molar-refractivity contribution < 1.29 is 4.74 Å². The average molecular weight is 237 g/mol. The number of hydrogen-bond acceptors (Lipinski definition) is 3. The number of nitrogens with zero attached hydrogens (tertiary/aromatic N) is 2. The number of nitrogens with one attached hydrogen (secondary N) is 1. The first kappa shape index (κ1) is 12.6. The Morgan fingerprint density at radius 2 is 2.41 bits per heavy atom. The Kier molecular flexibility index (Phi) is 4.18. The fraction of sp³-hybridized carbons (Fsp3) is 0.769. The van der Waals surface area contributed by atoms with E-state index in [1.54, 1.807) is 0 Å². The summed E-state index contributed by atoms with van der Waals surface area (Å²) in [6.07, 6.45) is 6.70. The largest absolute Gasteiger partial charge is 0.378 e. The summed E-state index contributed by atoms with van der Waals surface area (Å²) < 4.78 is 7.67. The van der Waals surface area contributed by atoms with E-state index in [2.05, 4.69) is 30.5 Å². The molecule has 0 aliphatic carbocycles. The highest BCUT2D eigenvalue weighted by molar-refractivity contribution is 5.13. The molecule has 1 saturated heterocycles. The molecule has 1 aliphatic heterocycles. The lowest BCUT2D eigenvalue weighted by molar-refractivity contribution is 0.0776. The molecule has 4 heteroatoms. The van der Waals surface area contributed by atoms with Gasteiger partial charge in [-0.3, -0.25) is 4.68 Å². The van der Waals surface area contributed by atoms with Crippen LogP contribution in [0.1, 0.15) is 38.3 Å². The monoisotopic (exact) mass is 237 g/mol. The molecule has 3 atom stereocenters. The van der Waals surface area contributed by atoms with Crippen LogP contribution in [0.15, 0.2) is 12.4 Å². The number of hydrogen-bond donors (Lipinski definition) is 1. The van der Waals surface area contributed by atoms with Gasteiger partial charge in [-0.15, -0.1) is 0 Å². The van der Waals surface area contributed by atoms with E-state index >= 15 is 0 Å². The fourth-order valence-corrected chi connectivity index (χ4v) is 2.80. The third-order valence-corrected chi connectivity index (χ3v) is 3.60. The Hall–Kier alpha value is -0.870. The molecule has 1 aromatic heterocycles. The second-order valence-corrected chi connectivity index (χ2v) is 4.75. The first-order valence-corrected chi connectivity index (χ1v) is 6.59. The van der Waals surface area contributed by atoms with Crippen molar-refractivity contribution in [2.24, 2.45) is 13.0 Å². The number of ether oxygens (including phenoxy) is 1. The smallest absolute Gasteiger partial charge is 0.0619 e. The maximum absolute atomic E-state index is 5.80. The Bertz CT molecular complexity index is 350. The molecule has 1 aliphatic rings. The van der Waals surface area contributed by atoms with Crippen LogP contribution in [0, 0.1) is 5.92 Å². The summed E-state index contributed by atoms with van der Waals surface area (Å²) in [6.45, 7) is 6.23. The molecule has 17 heavy (non-hydrogen) atoms. The van der Waals surface area contributed by atoms with E-state index in [1.807, 2.05) is 17.9 Å². The fourth-order valence-electron chi connectivity index (χ4n) is 2.80. The van der Waals surface area contributed by atoms with Gasteiger partial charge in [0, 0.05) is 37.4 Å². The van der Waals surface area contributed by atoms with Crippen LogP contribution in [0.25, 0.3) is 0 Å². The van der Waals surface area contributed by atoms with E-state index in [9.17, 15) is 0 Å². The highest BCUT2D eigenvalue weighted by Gasteiger charge is 2.34. The summed E-state index contributed by atoms with van der Waals surface area (Å²) in [5.41, 5.74) is 1.28. The van der Waals surface area contributed by atoms with Crippen molar-refractivity contribution >= 4 is 0 Å². The van der Waals surface area contributed by atoms with Crippen LogP contribution in [-0.4, -0.2) is 29.0 Å². The molecule has 2 heterocycles. The maximum atomic E-state index is 5.80. The van der Waals surface area contributed by atoms with Crippen molar-refractivity contribution in [2.75, 3.05) is 13.2 Å². The molecule has 0 aromatic carbocycles. The van der Waals surface area contributed by atoms with Crippen molar-refractivity contribution in [1.29, 1.82) is 0 Å². The molecule has 4 nitrogen and oxygen atoms in total. The Morgan fingerprint density at radius 3 is 3.00 bits per heavy atom. The minimum absolute atomic E-state index is 0.376. The molecular formula is C13H23N3O. The molecule has 0 amide bonds. The molecule has 1 fully saturated rings. The van der Waals surface area contributed by atoms with Crippen LogP contribution in [0.4, 0.5) is 0 Å². The standard InChI is InChI=1S/C13H23N3O/c1-4-12-11(6-7-17-12)13(14-5-2)10-8-15-16(3)9-10/h8-9,11-14H,4-7H2,1-3H3. The maximum Gasteiger partial charge on any atom is 0.0619 e. The number of aryl methyl sites for hydroxylation is 1. The molecule has 2 rings (SSSR count). The van der Waals surface area contributed by atoms with E-state index in [1.165, 1.54) is 5.56 Å². The predicted octanol–water partition coefficient (Wildman–Crippen LogP) is 1.89. The summed E-state index contributed by atoms with van der Waals surface area (Å²) in [5.74, 6) is 0.573. The predicted molar refractivity (Wildman–Crippen MR) is 67.8 cm³/mol. The van der Waals surface area contributed by atoms with Crippen molar-refractivity contribution in [3.05, 3.63) is 18.0 Å². The minimum atomic E-state index is 0.376. The topological polar surface area (TPSA) is 39.1 Å². The normalized spacial score (nSPS) is 26.3. The lowest BCUT2D eigenvalue weighted by Gasteiger charge is -2.27. The van der Waals surface area contributed by atoms with Crippen molar-refractivity contribution in [3.63, 3.8) is 0 Å². The third kappa shape index (κ3) is 2.69. The summed E-state index contributed by atoms with van der Waals surface area (Å²) in [4.78, 5) is 0. The van der Waals surface area contributed by atoms with Crippen LogP contribution in [0.3, 0.4) is 0 Å². The molecule has 3 unspecified atom stereocenters. The Balaban J connectivity index is 2.16. The van der Waals surface area contributed by atoms with Crippen molar-refractivity contribution in [3.8, 4) is 0 Å². The van der Waals surface area contributed by atoms with Crippen LogP contribution in [0.2, 0.25) is 0 Å². The van der Waals surface area contributed by atoms with Gasteiger partial charge in [0.2, 0.25) is 0 Å². The van der Waals surface area contributed by atoms with Gasteiger partial charge in [0.1, 0.15) is 0 Å². The summed E-state index contributed by atoms with van der Waals surface area (Å²) in [5, 5.41) is 7.86. The third-order valence-electron chi connectivity index (χ3n) is 3.60. The molecule has 1 N–H and O–H groups in total. The Morgan fingerprint density at radius 1 is 1.59 bits per heavy atom. The van der Waals surface area contributed by atoms with Crippen LogP contribution in [-0.2, 0) is 11.8 Å². The molecule has 0 bridgehead atoms. The molecule has 96 valence electrons.